The molecule has 0 spiro atoms. The van der Waals surface area contributed by atoms with Crippen molar-refractivity contribution in [2.75, 3.05) is 6.61 Å². The fourth-order valence-electron chi connectivity index (χ4n) is 0.708. The van der Waals surface area contributed by atoms with Crippen molar-refractivity contribution in [3.63, 3.8) is 0 Å². The summed E-state index contributed by atoms with van der Waals surface area (Å²) in [5, 5.41) is 8.41. The van der Waals surface area contributed by atoms with E-state index in [4.69, 9.17) is 5.11 Å². The number of rotatable bonds is 0. The number of aliphatic hydroxyl groups is 1. The monoisotopic (exact) mass is 210 g/mol. The van der Waals surface area contributed by atoms with Crippen LogP contribution in [-0.2, 0) is 0 Å². The van der Waals surface area contributed by atoms with Crippen molar-refractivity contribution in [1.82, 2.24) is 0 Å². The van der Waals surface area contributed by atoms with Crippen LogP contribution in [-0.4, -0.2) is 11.7 Å². The maximum atomic E-state index is 8.41. The number of hydrogen-bond donors (Lipinski definition) is 1. The van der Waals surface area contributed by atoms with Crippen molar-refractivity contribution in [3.05, 3.63) is 34.3 Å². The first-order valence-corrected chi connectivity index (χ1v) is 3.97. The Kier molecular flexibility index (Phi) is 3.15. The van der Waals surface area contributed by atoms with Crippen LogP contribution in [0.25, 0.3) is 0 Å². The molecule has 1 N–H and O–H groups in total. The Morgan fingerprint density at radius 2 is 2.27 bits per heavy atom. The van der Waals surface area contributed by atoms with Crippen LogP contribution >= 0.6 is 15.9 Å². The molecule has 1 rings (SSSR count). The fraction of sp³-hybridized carbons (Fsp3) is 0.111. The highest BCUT2D eigenvalue weighted by Gasteiger charge is 1.86. The van der Waals surface area contributed by atoms with E-state index in [0.717, 1.165) is 10.0 Å². The van der Waals surface area contributed by atoms with Crippen LogP contribution in [0.1, 0.15) is 5.56 Å². The normalized spacial score (nSPS) is 8.55. The predicted molar refractivity (Wildman–Crippen MR) is 48.1 cm³/mol. The Bertz CT molecular complexity index is 296. The molecule has 0 heterocycles. The van der Waals surface area contributed by atoms with Gasteiger partial charge in [0.1, 0.15) is 6.61 Å². The molecule has 0 bridgehead atoms. The van der Waals surface area contributed by atoms with Crippen LogP contribution in [0.3, 0.4) is 0 Å². The largest absolute Gasteiger partial charge is 0.384 e. The zero-order valence-electron chi connectivity index (χ0n) is 5.84. The summed E-state index contributed by atoms with van der Waals surface area (Å²) >= 11 is 3.32. The second kappa shape index (κ2) is 4.17. The summed E-state index contributed by atoms with van der Waals surface area (Å²) in [5.74, 6) is 5.38. The highest BCUT2D eigenvalue weighted by atomic mass is 79.9. The lowest BCUT2D eigenvalue weighted by atomic mass is 10.2. The van der Waals surface area contributed by atoms with Crippen LogP contribution in [0, 0.1) is 11.8 Å². The number of hydrogen-bond acceptors (Lipinski definition) is 1. The molecule has 1 aromatic rings. The molecule has 0 fully saturated rings. The SMILES string of the molecule is OCC#Cc1cccc(Br)c1. The Morgan fingerprint density at radius 3 is 2.91 bits per heavy atom. The summed E-state index contributed by atoms with van der Waals surface area (Å²) in [5.41, 5.74) is 0.911. The van der Waals surface area contributed by atoms with Crippen molar-refractivity contribution < 1.29 is 5.11 Å². The van der Waals surface area contributed by atoms with Gasteiger partial charge < -0.3 is 5.11 Å². The summed E-state index contributed by atoms with van der Waals surface area (Å²) in [4.78, 5) is 0. The molecule has 0 atom stereocenters. The quantitative estimate of drug-likeness (QED) is 0.648. The Balaban J connectivity index is 2.87. The maximum absolute atomic E-state index is 8.41. The average molecular weight is 211 g/mol. The third-order valence-corrected chi connectivity index (χ3v) is 1.63. The van der Waals surface area contributed by atoms with E-state index in [-0.39, 0.29) is 6.61 Å². The van der Waals surface area contributed by atoms with Gasteiger partial charge in [-0.15, -0.1) is 0 Å². The van der Waals surface area contributed by atoms with Crippen molar-refractivity contribution in [2.24, 2.45) is 0 Å². The Labute approximate surface area is 74.2 Å². The van der Waals surface area contributed by atoms with Crippen molar-refractivity contribution >= 4 is 15.9 Å². The second-order valence-corrected chi connectivity index (χ2v) is 2.89. The van der Waals surface area contributed by atoms with Gasteiger partial charge in [0.15, 0.2) is 0 Å². The zero-order valence-corrected chi connectivity index (χ0v) is 7.43. The van der Waals surface area contributed by atoms with E-state index < -0.39 is 0 Å². The molecule has 0 aliphatic heterocycles. The smallest absolute Gasteiger partial charge is 0.104 e. The summed E-state index contributed by atoms with van der Waals surface area (Å²) in [6.07, 6.45) is 0. The van der Waals surface area contributed by atoms with Crippen LogP contribution in [0.4, 0.5) is 0 Å². The van der Waals surface area contributed by atoms with Gasteiger partial charge in [0.05, 0.1) is 0 Å². The minimum absolute atomic E-state index is 0.0908. The molecule has 0 saturated carbocycles. The highest BCUT2D eigenvalue weighted by Crippen LogP contribution is 2.10. The minimum Gasteiger partial charge on any atom is -0.384 e. The van der Waals surface area contributed by atoms with Crippen molar-refractivity contribution in [2.45, 2.75) is 0 Å². The molecule has 11 heavy (non-hydrogen) atoms. The first kappa shape index (κ1) is 8.32. The summed E-state index contributed by atoms with van der Waals surface area (Å²) in [6, 6.07) is 7.64. The van der Waals surface area contributed by atoms with E-state index in [1.807, 2.05) is 24.3 Å². The number of benzene rings is 1. The van der Waals surface area contributed by atoms with E-state index in [9.17, 15) is 0 Å². The molecule has 0 radical (unpaired) electrons. The van der Waals surface area contributed by atoms with Gasteiger partial charge in [-0.25, -0.2) is 0 Å². The van der Waals surface area contributed by atoms with Crippen LogP contribution < -0.4 is 0 Å². The third-order valence-electron chi connectivity index (χ3n) is 1.14. The molecular formula is C9H7BrO. The highest BCUT2D eigenvalue weighted by molar-refractivity contribution is 9.10. The Morgan fingerprint density at radius 1 is 1.45 bits per heavy atom. The first-order chi connectivity index (χ1) is 5.33. The summed E-state index contributed by atoms with van der Waals surface area (Å²) in [6.45, 7) is -0.0908. The summed E-state index contributed by atoms with van der Waals surface area (Å²) in [7, 11) is 0. The minimum atomic E-state index is -0.0908. The molecule has 1 aromatic carbocycles. The van der Waals surface area contributed by atoms with Gasteiger partial charge >= 0.3 is 0 Å². The predicted octanol–water partition coefficient (Wildman–Crippen LogP) is 1.79. The van der Waals surface area contributed by atoms with E-state index in [1.54, 1.807) is 0 Å². The number of halogens is 1. The van der Waals surface area contributed by atoms with E-state index >= 15 is 0 Å². The van der Waals surface area contributed by atoms with Gasteiger partial charge in [0, 0.05) is 10.0 Å². The molecule has 0 unspecified atom stereocenters. The lowest BCUT2D eigenvalue weighted by Crippen LogP contribution is -1.75. The topological polar surface area (TPSA) is 20.2 Å². The molecule has 0 saturated heterocycles. The number of aliphatic hydroxyl groups excluding tert-OH is 1. The lowest BCUT2D eigenvalue weighted by molar-refractivity contribution is 0.350. The maximum Gasteiger partial charge on any atom is 0.104 e. The molecular weight excluding hydrogens is 204 g/mol. The van der Waals surface area contributed by atoms with E-state index in [2.05, 4.69) is 27.8 Å². The zero-order chi connectivity index (χ0) is 8.10. The van der Waals surface area contributed by atoms with Gasteiger partial charge in [0.25, 0.3) is 0 Å². The molecule has 2 heteroatoms. The van der Waals surface area contributed by atoms with Crippen LogP contribution in [0.15, 0.2) is 28.7 Å². The lowest BCUT2D eigenvalue weighted by Gasteiger charge is -1.89. The molecule has 0 aliphatic rings. The van der Waals surface area contributed by atoms with Crippen molar-refractivity contribution in [3.8, 4) is 11.8 Å². The molecule has 0 aliphatic carbocycles. The Hall–Kier alpha value is -0.780. The molecule has 0 aromatic heterocycles. The van der Waals surface area contributed by atoms with E-state index in [1.165, 1.54) is 0 Å². The van der Waals surface area contributed by atoms with Gasteiger partial charge in [-0.05, 0) is 18.2 Å². The molecule has 0 amide bonds. The second-order valence-electron chi connectivity index (χ2n) is 1.97. The standard InChI is InChI=1S/C9H7BrO/c10-9-5-1-3-8(7-9)4-2-6-11/h1,3,5,7,11H,6H2. The van der Waals surface area contributed by atoms with Gasteiger partial charge in [0.2, 0.25) is 0 Å². The van der Waals surface area contributed by atoms with E-state index in [0.29, 0.717) is 0 Å². The van der Waals surface area contributed by atoms with Gasteiger partial charge in [-0.2, -0.15) is 0 Å². The first-order valence-electron chi connectivity index (χ1n) is 3.18. The van der Waals surface area contributed by atoms with Gasteiger partial charge in [-0.3, -0.25) is 0 Å². The average Bonchev–Trinajstić information content (AvgIpc) is 2.01. The van der Waals surface area contributed by atoms with Crippen LogP contribution in [0.2, 0.25) is 0 Å². The third kappa shape index (κ3) is 2.75. The van der Waals surface area contributed by atoms with Crippen molar-refractivity contribution in [1.29, 1.82) is 0 Å². The molecule has 56 valence electrons. The van der Waals surface area contributed by atoms with Gasteiger partial charge in [-0.1, -0.05) is 33.8 Å². The summed E-state index contributed by atoms with van der Waals surface area (Å²) < 4.78 is 1.00. The molecule has 1 nitrogen and oxygen atoms in total. The fourth-order valence-corrected chi connectivity index (χ4v) is 1.11. The van der Waals surface area contributed by atoms with Crippen LogP contribution in [0.5, 0.6) is 0 Å².